The molecule has 1 fully saturated rings. The van der Waals surface area contributed by atoms with Gasteiger partial charge in [-0.25, -0.2) is 0 Å². The molecule has 0 bridgehead atoms. The van der Waals surface area contributed by atoms with Crippen LogP contribution in [0.3, 0.4) is 0 Å². The third-order valence-electron chi connectivity index (χ3n) is 4.39. The van der Waals surface area contributed by atoms with Crippen molar-refractivity contribution in [3.05, 3.63) is 33.8 Å². The van der Waals surface area contributed by atoms with Crippen LogP contribution < -0.4 is 0 Å². The van der Waals surface area contributed by atoms with Gasteiger partial charge in [-0.1, -0.05) is 49.9 Å². The molecule has 1 saturated carbocycles. The van der Waals surface area contributed by atoms with Gasteiger partial charge in [0.1, 0.15) is 0 Å². The number of hydrogen-bond acceptors (Lipinski definition) is 1. The Labute approximate surface area is 119 Å². The topological polar surface area (TPSA) is 20.2 Å². The first-order valence-electron chi connectivity index (χ1n) is 6.50. The maximum Gasteiger partial charge on any atom is 0.0739 e. The highest BCUT2D eigenvalue weighted by Gasteiger charge is 2.45. The summed E-state index contributed by atoms with van der Waals surface area (Å²) in [5.74, 6) is 0. The van der Waals surface area contributed by atoms with Crippen LogP contribution in [0.1, 0.15) is 45.1 Å². The summed E-state index contributed by atoms with van der Waals surface area (Å²) in [5.41, 5.74) is 0.192. The first-order valence-corrected chi connectivity index (χ1v) is 7.26. The van der Waals surface area contributed by atoms with E-state index in [0.717, 1.165) is 24.8 Å². The van der Waals surface area contributed by atoms with E-state index in [1.54, 1.807) is 12.1 Å². The van der Waals surface area contributed by atoms with E-state index in [2.05, 4.69) is 13.8 Å². The van der Waals surface area contributed by atoms with Gasteiger partial charge in [-0.05, 0) is 42.0 Å². The van der Waals surface area contributed by atoms with Gasteiger partial charge in [0.2, 0.25) is 0 Å². The van der Waals surface area contributed by atoms with Crippen molar-refractivity contribution in [1.82, 2.24) is 0 Å². The van der Waals surface area contributed by atoms with Crippen molar-refractivity contribution in [3.63, 3.8) is 0 Å². The number of benzene rings is 1. The van der Waals surface area contributed by atoms with Crippen molar-refractivity contribution in [1.29, 1.82) is 0 Å². The maximum absolute atomic E-state index is 11.0. The Balaban J connectivity index is 2.28. The predicted molar refractivity (Wildman–Crippen MR) is 77.4 cm³/mol. The molecule has 1 aromatic rings. The van der Waals surface area contributed by atoms with Crippen LogP contribution in [0, 0.1) is 5.41 Å². The summed E-state index contributed by atoms with van der Waals surface area (Å²) in [6.45, 7) is 4.29. The molecule has 0 radical (unpaired) electrons. The van der Waals surface area contributed by atoms with Gasteiger partial charge in [0.05, 0.1) is 5.60 Å². The van der Waals surface area contributed by atoms with E-state index < -0.39 is 5.60 Å². The fourth-order valence-corrected chi connectivity index (χ4v) is 3.26. The van der Waals surface area contributed by atoms with Crippen LogP contribution in [-0.4, -0.2) is 10.7 Å². The van der Waals surface area contributed by atoms with Crippen molar-refractivity contribution in [2.75, 3.05) is 0 Å². The van der Waals surface area contributed by atoms with E-state index >= 15 is 0 Å². The molecule has 18 heavy (non-hydrogen) atoms. The van der Waals surface area contributed by atoms with Crippen LogP contribution in [-0.2, 0) is 6.42 Å². The van der Waals surface area contributed by atoms with Crippen LogP contribution in [0.2, 0.25) is 10.0 Å². The van der Waals surface area contributed by atoms with E-state index in [1.165, 1.54) is 6.42 Å². The first kappa shape index (κ1) is 14.2. The molecule has 0 heterocycles. The van der Waals surface area contributed by atoms with Gasteiger partial charge in [-0.15, -0.1) is 0 Å². The molecule has 100 valence electrons. The van der Waals surface area contributed by atoms with Crippen LogP contribution in [0.4, 0.5) is 0 Å². The lowest BCUT2D eigenvalue weighted by Gasteiger charge is -2.47. The second-order valence-electron chi connectivity index (χ2n) is 6.04. The molecule has 0 amide bonds. The molecule has 0 spiro atoms. The molecule has 3 heteroatoms. The Kier molecular flexibility index (Phi) is 3.96. The van der Waals surface area contributed by atoms with Gasteiger partial charge >= 0.3 is 0 Å². The molecule has 0 aliphatic heterocycles. The van der Waals surface area contributed by atoms with Crippen molar-refractivity contribution in [3.8, 4) is 0 Å². The van der Waals surface area contributed by atoms with Gasteiger partial charge < -0.3 is 5.11 Å². The summed E-state index contributed by atoms with van der Waals surface area (Å²) >= 11 is 12.2. The van der Waals surface area contributed by atoms with Gasteiger partial charge in [0.25, 0.3) is 0 Å². The third-order valence-corrected chi connectivity index (χ3v) is 5.00. The Morgan fingerprint density at radius 3 is 2.50 bits per heavy atom. The fourth-order valence-electron chi connectivity index (χ4n) is 2.88. The normalized spacial score (nSPS) is 27.2. The van der Waals surface area contributed by atoms with Crippen LogP contribution in [0.15, 0.2) is 18.2 Å². The molecule has 1 atom stereocenters. The predicted octanol–water partition coefficient (Wildman–Crippen LogP) is 4.87. The lowest BCUT2D eigenvalue weighted by Crippen LogP contribution is -2.48. The van der Waals surface area contributed by atoms with Gasteiger partial charge in [0, 0.05) is 16.5 Å². The third kappa shape index (κ3) is 2.68. The minimum Gasteiger partial charge on any atom is -0.389 e. The SMILES string of the molecule is CC1(C)CCCCC1(O)Cc1cc(Cl)ccc1Cl. The molecule has 0 aromatic heterocycles. The lowest BCUT2D eigenvalue weighted by molar-refractivity contribution is -0.0958. The van der Waals surface area contributed by atoms with Crippen LogP contribution in [0.5, 0.6) is 0 Å². The summed E-state index contributed by atoms with van der Waals surface area (Å²) in [4.78, 5) is 0. The maximum atomic E-state index is 11.0. The molecule has 2 rings (SSSR count). The molecule has 1 aliphatic rings. The van der Waals surface area contributed by atoms with Gasteiger partial charge in [0.15, 0.2) is 0 Å². The van der Waals surface area contributed by atoms with Crippen molar-refractivity contribution in [2.45, 2.75) is 51.6 Å². The molecular formula is C15H20Cl2O. The highest BCUT2D eigenvalue weighted by molar-refractivity contribution is 6.33. The minimum absolute atomic E-state index is 0.0725. The van der Waals surface area contributed by atoms with E-state index in [9.17, 15) is 5.11 Å². The van der Waals surface area contributed by atoms with Crippen molar-refractivity contribution >= 4 is 23.2 Å². The monoisotopic (exact) mass is 286 g/mol. The Bertz CT molecular complexity index is 442. The molecule has 1 aliphatic carbocycles. The second kappa shape index (κ2) is 5.03. The van der Waals surface area contributed by atoms with Crippen molar-refractivity contribution in [2.24, 2.45) is 5.41 Å². The number of aliphatic hydroxyl groups is 1. The molecule has 1 aromatic carbocycles. The average Bonchev–Trinajstić information content (AvgIpc) is 2.28. The summed E-state index contributed by atoms with van der Waals surface area (Å²) in [7, 11) is 0. The number of halogens is 2. The zero-order valence-electron chi connectivity index (χ0n) is 11.0. The Hall–Kier alpha value is -0.240. The van der Waals surface area contributed by atoms with Gasteiger partial charge in [-0.3, -0.25) is 0 Å². The zero-order valence-corrected chi connectivity index (χ0v) is 12.5. The highest BCUT2D eigenvalue weighted by atomic mass is 35.5. The smallest absolute Gasteiger partial charge is 0.0739 e. The van der Waals surface area contributed by atoms with E-state index in [-0.39, 0.29) is 5.41 Å². The van der Waals surface area contributed by atoms with Gasteiger partial charge in [-0.2, -0.15) is 0 Å². The van der Waals surface area contributed by atoms with E-state index in [1.807, 2.05) is 6.07 Å². The van der Waals surface area contributed by atoms with Crippen LogP contribution >= 0.6 is 23.2 Å². The summed E-state index contributed by atoms with van der Waals surface area (Å²) in [6.07, 6.45) is 4.75. The molecule has 0 saturated heterocycles. The first-order chi connectivity index (χ1) is 8.34. The molecule has 1 nitrogen and oxygen atoms in total. The van der Waals surface area contributed by atoms with Crippen molar-refractivity contribution < 1.29 is 5.11 Å². The van der Waals surface area contributed by atoms with E-state index in [4.69, 9.17) is 23.2 Å². The lowest BCUT2D eigenvalue weighted by atomic mass is 9.63. The standard InChI is InChI=1S/C15H20Cl2O/c1-14(2)7-3-4-8-15(14,18)10-11-9-12(16)5-6-13(11)17/h5-6,9,18H,3-4,7-8,10H2,1-2H3. The quantitative estimate of drug-likeness (QED) is 0.823. The van der Waals surface area contributed by atoms with E-state index in [0.29, 0.717) is 16.5 Å². The molecule has 1 N–H and O–H groups in total. The zero-order chi connectivity index (χ0) is 13.4. The summed E-state index contributed by atoms with van der Waals surface area (Å²) < 4.78 is 0. The average molecular weight is 287 g/mol. The Morgan fingerprint density at radius 1 is 1.17 bits per heavy atom. The van der Waals surface area contributed by atoms with Crippen LogP contribution in [0.25, 0.3) is 0 Å². The summed E-state index contributed by atoms with van der Waals surface area (Å²) in [6, 6.07) is 5.45. The number of rotatable bonds is 2. The fraction of sp³-hybridized carbons (Fsp3) is 0.600. The summed E-state index contributed by atoms with van der Waals surface area (Å²) in [5, 5.41) is 12.3. The second-order valence-corrected chi connectivity index (χ2v) is 6.88. The number of hydrogen-bond donors (Lipinski definition) is 1. The largest absolute Gasteiger partial charge is 0.389 e. The molecular weight excluding hydrogens is 267 g/mol. The Morgan fingerprint density at radius 2 is 1.83 bits per heavy atom. The minimum atomic E-state index is -0.681. The molecule has 1 unspecified atom stereocenters. The highest BCUT2D eigenvalue weighted by Crippen LogP contribution is 2.46.